The molecule has 0 radical (unpaired) electrons. The lowest BCUT2D eigenvalue weighted by atomic mass is 10.3. The van der Waals surface area contributed by atoms with Crippen LogP contribution in [0.2, 0.25) is 0 Å². The number of aromatic nitrogens is 4. The highest BCUT2D eigenvalue weighted by Gasteiger charge is 2.30. The molecule has 2 heterocycles. The second-order valence-electron chi connectivity index (χ2n) is 4.85. The summed E-state index contributed by atoms with van der Waals surface area (Å²) < 4.78 is 2.03. The van der Waals surface area contributed by atoms with Crippen LogP contribution >= 0.6 is 11.8 Å². The number of imide groups is 1. The number of nitrogens with one attached hydrogen (secondary N) is 1. The number of rotatable bonds is 5. The van der Waals surface area contributed by atoms with Crippen LogP contribution in [-0.4, -0.2) is 37.4 Å². The smallest absolute Gasteiger partial charge is 0.318 e. The van der Waals surface area contributed by atoms with Crippen molar-refractivity contribution in [3.05, 3.63) is 24.5 Å². The van der Waals surface area contributed by atoms with Gasteiger partial charge in [0.25, 0.3) is 0 Å². The van der Waals surface area contributed by atoms with Crippen molar-refractivity contribution < 1.29 is 9.59 Å². The Kier molecular flexibility index (Phi) is 4.05. The van der Waals surface area contributed by atoms with E-state index in [2.05, 4.69) is 15.2 Å². The monoisotopic (exact) mass is 318 g/mol. The van der Waals surface area contributed by atoms with E-state index in [4.69, 9.17) is 5.73 Å². The summed E-state index contributed by atoms with van der Waals surface area (Å²) in [6.07, 6.45) is 5.56. The predicted molar refractivity (Wildman–Crippen MR) is 80.0 cm³/mol. The zero-order valence-electron chi connectivity index (χ0n) is 11.6. The lowest BCUT2D eigenvalue weighted by Crippen LogP contribution is -2.36. The zero-order valence-corrected chi connectivity index (χ0v) is 12.4. The molecular weight excluding hydrogens is 304 g/mol. The molecule has 22 heavy (non-hydrogen) atoms. The zero-order chi connectivity index (χ0) is 15.5. The Labute approximate surface area is 130 Å². The first-order valence-corrected chi connectivity index (χ1v) is 7.71. The molecule has 0 saturated heterocycles. The number of carbonyl (C=O) groups is 2. The number of thioether (sulfide) groups is 1. The number of hydrogen-bond acceptors (Lipinski definition) is 6. The highest BCUT2D eigenvalue weighted by atomic mass is 32.2. The standard InChI is InChI=1S/C13H14N6O2S/c14-12(21)16-10(20)7-22-13-18-17-11(19(13)9-3-4-9)8-2-1-5-15-6-8/h1-2,5-6,9H,3-4,7H2,(H3,14,16,20,21). The number of urea groups is 1. The van der Waals surface area contributed by atoms with Crippen molar-refractivity contribution in [2.45, 2.75) is 24.0 Å². The van der Waals surface area contributed by atoms with E-state index in [1.54, 1.807) is 12.4 Å². The Morgan fingerprint density at radius 3 is 2.86 bits per heavy atom. The molecule has 0 atom stereocenters. The van der Waals surface area contributed by atoms with E-state index in [1.165, 1.54) is 11.8 Å². The van der Waals surface area contributed by atoms with Crippen molar-refractivity contribution in [3.63, 3.8) is 0 Å². The third-order valence-corrected chi connectivity index (χ3v) is 4.03. The molecule has 2 aromatic heterocycles. The molecule has 3 amide bonds. The molecule has 0 bridgehead atoms. The molecule has 1 fully saturated rings. The summed E-state index contributed by atoms with van der Waals surface area (Å²) in [5.74, 6) is 0.347. The molecule has 114 valence electrons. The maximum atomic E-state index is 11.5. The highest BCUT2D eigenvalue weighted by molar-refractivity contribution is 7.99. The van der Waals surface area contributed by atoms with Crippen LogP contribution in [0, 0.1) is 0 Å². The molecule has 1 saturated carbocycles. The van der Waals surface area contributed by atoms with Gasteiger partial charge in [-0.05, 0) is 25.0 Å². The summed E-state index contributed by atoms with van der Waals surface area (Å²) in [5.41, 5.74) is 5.79. The minimum Gasteiger partial charge on any atom is -0.351 e. The number of amides is 3. The van der Waals surface area contributed by atoms with Crippen molar-refractivity contribution in [2.75, 3.05) is 5.75 Å². The van der Waals surface area contributed by atoms with Crippen molar-refractivity contribution >= 4 is 23.7 Å². The van der Waals surface area contributed by atoms with Gasteiger partial charge in [0, 0.05) is 24.0 Å². The summed E-state index contributed by atoms with van der Waals surface area (Å²) >= 11 is 1.23. The van der Waals surface area contributed by atoms with Crippen LogP contribution < -0.4 is 11.1 Å². The molecule has 3 rings (SSSR count). The van der Waals surface area contributed by atoms with Crippen LogP contribution in [0.3, 0.4) is 0 Å². The molecular formula is C13H14N6O2S. The number of nitrogens with zero attached hydrogens (tertiary/aromatic N) is 4. The summed E-state index contributed by atoms with van der Waals surface area (Å²) in [6, 6.07) is 3.26. The quantitative estimate of drug-likeness (QED) is 0.793. The lowest BCUT2D eigenvalue weighted by Gasteiger charge is -2.08. The molecule has 0 unspecified atom stereocenters. The van der Waals surface area contributed by atoms with Gasteiger partial charge in [-0.25, -0.2) is 4.79 Å². The van der Waals surface area contributed by atoms with Gasteiger partial charge in [0.1, 0.15) is 0 Å². The Morgan fingerprint density at radius 2 is 2.23 bits per heavy atom. The van der Waals surface area contributed by atoms with Gasteiger partial charge >= 0.3 is 6.03 Å². The Balaban J connectivity index is 1.79. The second kappa shape index (κ2) is 6.14. The molecule has 2 aromatic rings. The molecule has 0 aromatic carbocycles. The van der Waals surface area contributed by atoms with Crippen molar-refractivity contribution in [2.24, 2.45) is 5.73 Å². The topological polar surface area (TPSA) is 116 Å². The number of nitrogens with two attached hydrogens (primary N) is 1. The summed E-state index contributed by atoms with van der Waals surface area (Å²) in [5, 5.41) is 11.1. The first-order valence-electron chi connectivity index (χ1n) is 6.72. The third-order valence-electron chi connectivity index (χ3n) is 3.09. The van der Waals surface area contributed by atoms with Crippen molar-refractivity contribution in [3.8, 4) is 11.4 Å². The third kappa shape index (κ3) is 3.25. The van der Waals surface area contributed by atoms with Crippen LogP contribution in [0.4, 0.5) is 4.79 Å². The van der Waals surface area contributed by atoms with E-state index in [0.717, 1.165) is 24.2 Å². The number of hydrogen-bond donors (Lipinski definition) is 2. The van der Waals surface area contributed by atoms with Gasteiger partial charge in [-0.3, -0.25) is 19.7 Å². The minimum atomic E-state index is -0.856. The van der Waals surface area contributed by atoms with Gasteiger partial charge < -0.3 is 5.73 Å². The van der Waals surface area contributed by atoms with E-state index < -0.39 is 11.9 Å². The van der Waals surface area contributed by atoms with Crippen molar-refractivity contribution in [1.29, 1.82) is 0 Å². The van der Waals surface area contributed by atoms with Crippen LogP contribution in [0.25, 0.3) is 11.4 Å². The average Bonchev–Trinajstić information content (AvgIpc) is 3.25. The van der Waals surface area contributed by atoms with Crippen molar-refractivity contribution in [1.82, 2.24) is 25.1 Å². The van der Waals surface area contributed by atoms with Gasteiger partial charge in [-0.1, -0.05) is 11.8 Å². The van der Waals surface area contributed by atoms with Gasteiger partial charge in [0.05, 0.1) is 5.75 Å². The highest BCUT2D eigenvalue weighted by Crippen LogP contribution is 2.40. The fraction of sp³-hybridized carbons (Fsp3) is 0.308. The average molecular weight is 318 g/mol. The molecule has 9 heteroatoms. The Morgan fingerprint density at radius 1 is 1.41 bits per heavy atom. The first kappa shape index (κ1) is 14.5. The first-order chi connectivity index (χ1) is 10.6. The summed E-state index contributed by atoms with van der Waals surface area (Å²) in [7, 11) is 0. The summed E-state index contributed by atoms with van der Waals surface area (Å²) in [6.45, 7) is 0. The molecule has 8 nitrogen and oxygen atoms in total. The van der Waals surface area contributed by atoms with Crippen LogP contribution in [0.15, 0.2) is 29.7 Å². The normalized spacial score (nSPS) is 13.8. The number of primary amides is 1. The fourth-order valence-electron chi connectivity index (χ4n) is 2.03. The number of pyridine rings is 1. The summed E-state index contributed by atoms with van der Waals surface area (Å²) in [4.78, 5) is 26.2. The Hall–Kier alpha value is -2.42. The second-order valence-corrected chi connectivity index (χ2v) is 5.79. The maximum Gasteiger partial charge on any atom is 0.318 e. The van der Waals surface area contributed by atoms with E-state index >= 15 is 0 Å². The van der Waals surface area contributed by atoms with Gasteiger partial charge in [0.2, 0.25) is 5.91 Å². The van der Waals surface area contributed by atoms with Gasteiger partial charge in [-0.15, -0.1) is 10.2 Å². The molecule has 3 N–H and O–H groups in total. The van der Waals surface area contributed by atoms with Gasteiger partial charge in [-0.2, -0.15) is 0 Å². The molecule has 1 aliphatic carbocycles. The largest absolute Gasteiger partial charge is 0.351 e. The van der Waals surface area contributed by atoms with Crippen LogP contribution in [0.5, 0.6) is 0 Å². The van der Waals surface area contributed by atoms with E-state index in [0.29, 0.717) is 11.2 Å². The lowest BCUT2D eigenvalue weighted by molar-refractivity contribution is -0.117. The Bertz CT molecular complexity index is 698. The maximum absolute atomic E-state index is 11.5. The van der Waals surface area contributed by atoms with Crippen LogP contribution in [-0.2, 0) is 4.79 Å². The predicted octanol–water partition coefficient (Wildman–Crippen LogP) is 0.962. The fourth-order valence-corrected chi connectivity index (χ4v) is 2.84. The van der Waals surface area contributed by atoms with E-state index in [1.807, 2.05) is 22.0 Å². The molecule has 1 aliphatic rings. The van der Waals surface area contributed by atoms with E-state index in [9.17, 15) is 9.59 Å². The molecule has 0 spiro atoms. The number of carbonyl (C=O) groups excluding carboxylic acids is 2. The minimum absolute atomic E-state index is 0.0564. The van der Waals surface area contributed by atoms with Crippen LogP contribution in [0.1, 0.15) is 18.9 Å². The molecule has 0 aliphatic heterocycles. The van der Waals surface area contributed by atoms with Gasteiger partial charge in [0.15, 0.2) is 11.0 Å². The van der Waals surface area contributed by atoms with E-state index in [-0.39, 0.29) is 5.75 Å². The SMILES string of the molecule is NC(=O)NC(=O)CSc1nnc(-c2cccnc2)n1C1CC1.